The van der Waals surface area contributed by atoms with Gasteiger partial charge in [-0.3, -0.25) is 4.90 Å². The maximum atomic E-state index is 8.89. The van der Waals surface area contributed by atoms with Crippen molar-refractivity contribution in [2.45, 2.75) is 50.7 Å². The van der Waals surface area contributed by atoms with Gasteiger partial charge in [0.15, 0.2) is 0 Å². The Morgan fingerprint density at radius 2 is 2.07 bits per heavy atom. The molecule has 1 aliphatic carbocycles. The fourth-order valence-electron chi connectivity index (χ4n) is 2.50. The van der Waals surface area contributed by atoms with Crippen molar-refractivity contribution in [3.63, 3.8) is 0 Å². The lowest BCUT2D eigenvalue weighted by Crippen LogP contribution is -2.44. The molecule has 1 N–H and O–H groups in total. The van der Waals surface area contributed by atoms with E-state index in [1.165, 1.54) is 32.1 Å². The van der Waals surface area contributed by atoms with E-state index >= 15 is 0 Å². The van der Waals surface area contributed by atoms with Crippen molar-refractivity contribution in [1.29, 1.82) is 0 Å². The molecule has 1 heterocycles. The first-order chi connectivity index (χ1) is 7.40. The Morgan fingerprint density at radius 3 is 2.60 bits per heavy atom. The third-order valence-corrected chi connectivity index (χ3v) is 3.66. The molecule has 0 aromatic heterocycles. The van der Waals surface area contributed by atoms with Gasteiger partial charge in [-0.05, 0) is 32.1 Å². The van der Waals surface area contributed by atoms with Crippen LogP contribution >= 0.6 is 0 Å². The molecule has 0 spiro atoms. The second kappa shape index (κ2) is 5.83. The molecule has 1 unspecified atom stereocenters. The number of ether oxygens (including phenoxy) is 1. The van der Waals surface area contributed by atoms with Crippen molar-refractivity contribution < 1.29 is 9.84 Å². The molecule has 88 valence electrons. The molecule has 1 saturated heterocycles. The minimum atomic E-state index is 0.314. The maximum Gasteiger partial charge on any atom is 0.0702 e. The third kappa shape index (κ3) is 3.16. The second-order valence-corrected chi connectivity index (χ2v) is 4.79. The Hall–Kier alpha value is -0.120. The number of aliphatic hydroxyl groups excluding tert-OH is 1. The van der Waals surface area contributed by atoms with Crippen LogP contribution in [0.5, 0.6) is 0 Å². The van der Waals surface area contributed by atoms with Crippen molar-refractivity contribution >= 4 is 0 Å². The molecule has 3 heteroatoms. The number of nitrogens with zero attached hydrogens (tertiary/aromatic N) is 1. The van der Waals surface area contributed by atoms with Crippen LogP contribution in [-0.2, 0) is 4.74 Å². The van der Waals surface area contributed by atoms with Gasteiger partial charge in [0.2, 0.25) is 0 Å². The lowest BCUT2D eigenvalue weighted by Gasteiger charge is -2.38. The van der Waals surface area contributed by atoms with Gasteiger partial charge in [0, 0.05) is 32.3 Å². The molecule has 0 bridgehead atoms. The lowest BCUT2D eigenvalue weighted by molar-refractivity contribution is 0.0354. The van der Waals surface area contributed by atoms with Crippen molar-refractivity contribution in [2.75, 3.05) is 26.3 Å². The molecule has 0 radical (unpaired) electrons. The average molecular weight is 213 g/mol. The van der Waals surface area contributed by atoms with Crippen LogP contribution in [0.2, 0.25) is 0 Å². The highest BCUT2D eigenvalue weighted by molar-refractivity contribution is 4.82. The number of hydrogen-bond donors (Lipinski definition) is 1. The molecular formula is C12H23NO2. The average Bonchev–Trinajstić information content (AvgIpc) is 2.64. The van der Waals surface area contributed by atoms with Crippen molar-refractivity contribution in [3.05, 3.63) is 0 Å². The van der Waals surface area contributed by atoms with Crippen LogP contribution in [0.1, 0.15) is 38.5 Å². The summed E-state index contributed by atoms with van der Waals surface area (Å²) >= 11 is 0. The number of rotatable bonds is 6. The molecule has 1 saturated carbocycles. The lowest BCUT2D eigenvalue weighted by atomic mass is 9.91. The van der Waals surface area contributed by atoms with Gasteiger partial charge in [-0.2, -0.15) is 0 Å². The zero-order chi connectivity index (χ0) is 10.5. The van der Waals surface area contributed by atoms with Crippen LogP contribution in [-0.4, -0.2) is 48.5 Å². The number of aliphatic hydroxyl groups is 1. The quantitative estimate of drug-likeness (QED) is 0.724. The van der Waals surface area contributed by atoms with Gasteiger partial charge in [-0.25, -0.2) is 0 Å². The summed E-state index contributed by atoms with van der Waals surface area (Å²) < 4.78 is 5.68. The Balaban J connectivity index is 1.75. The molecule has 2 fully saturated rings. The molecule has 0 aromatic rings. The first kappa shape index (κ1) is 11.4. The molecule has 15 heavy (non-hydrogen) atoms. The van der Waals surface area contributed by atoms with E-state index in [0.29, 0.717) is 12.7 Å². The summed E-state index contributed by atoms with van der Waals surface area (Å²) in [6.45, 7) is 3.39. The van der Waals surface area contributed by atoms with E-state index in [4.69, 9.17) is 9.84 Å². The van der Waals surface area contributed by atoms with E-state index in [2.05, 4.69) is 4.90 Å². The summed E-state index contributed by atoms with van der Waals surface area (Å²) in [6.07, 6.45) is 7.89. The summed E-state index contributed by atoms with van der Waals surface area (Å²) in [6, 6.07) is 0.778. The Kier molecular flexibility index (Phi) is 4.42. The topological polar surface area (TPSA) is 32.7 Å². The van der Waals surface area contributed by atoms with E-state index in [-0.39, 0.29) is 0 Å². The summed E-state index contributed by atoms with van der Waals surface area (Å²) in [5.41, 5.74) is 0. The summed E-state index contributed by atoms with van der Waals surface area (Å²) in [5.74, 6) is 0. The van der Waals surface area contributed by atoms with Gasteiger partial charge in [0.05, 0.1) is 6.10 Å². The fraction of sp³-hybridized carbons (Fsp3) is 1.00. The van der Waals surface area contributed by atoms with Crippen LogP contribution in [0.4, 0.5) is 0 Å². The molecule has 2 rings (SSSR count). The first-order valence-corrected chi connectivity index (χ1v) is 6.36. The largest absolute Gasteiger partial charge is 0.396 e. The van der Waals surface area contributed by atoms with Crippen molar-refractivity contribution in [3.8, 4) is 0 Å². The second-order valence-electron chi connectivity index (χ2n) is 4.79. The van der Waals surface area contributed by atoms with Gasteiger partial charge in [-0.15, -0.1) is 0 Å². The van der Waals surface area contributed by atoms with E-state index < -0.39 is 0 Å². The predicted octanol–water partition coefficient (Wildman–Crippen LogP) is 1.40. The molecule has 2 aliphatic rings. The van der Waals surface area contributed by atoms with E-state index in [9.17, 15) is 0 Å². The van der Waals surface area contributed by atoms with Gasteiger partial charge in [-0.1, -0.05) is 6.42 Å². The highest BCUT2D eigenvalue weighted by atomic mass is 16.5. The zero-order valence-corrected chi connectivity index (χ0v) is 9.53. The van der Waals surface area contributed by atoms with Crippen LogP contribution in [0, 0.1) is 0 Å². The molecule has 1 atom stereocenters. The predicted molar refractivity (Wildman–Crippen MR) is 59.9 cm³/mol. The standard InChI is InChI=1S/C12H23NO2/c14-8-3-7-13(11-4-1-5-11)10-12-6-2-9-15-12/h11-12,14H,1-10H2. The van der Waals surface area contributed by atoms with Gasteiger partial charge in [0.1, 0.15) is 0 Å². The molecule has 0 amide bonds. The molecular weight excluding hydrogens is 190 g/mol. The molecule has 3 nitrogen and oxygen atoms in total. The minimum Gasteiger partial charge on any atom is -0.396 e. The molecule has 0 aromatic carbocycles. The SMILES string of the molecule is OCCCN(CC1CCCO1)C1CCC1. The Labute approximate surface area is 92.4 Å². The Morgan fingerprint density at radius 1 is 1.20 bits per heavy atom. The fourth-order valence-corrected chi connectivity index (χ4v) is 2.50. The van der Waals surface area contributed by atoms with E-state index in [1.807, 2.05) is 0 Å². The first-order valence-electron chi connectivity index (χ1n) is 6.36. The van der Waals surface area contributed by atoms with Gasteiger partial charge >= 0.3 is 0 Å². The summed E-state index contributed by atoms with van der Waals surface area (Å²) in [4.78, 5) is 2.54. The normalized spacial score (nSPS) is 27.2. The van der Waals surface area contributed by atoms with E-state index in [1.54, 1.807) is 0 Å². The highest BCUT2D eigenvalue weighted by Crippen LogP contribution is 2.26. The van der Waals surface area contributed by atoms with Crippen molar-refractivity contribution in [1.82, 2.24) is 4.90 Å². The van der Waals surface area contributed by atoms with Crippen molar-refractivity contribution in [2.24, 2.45) is 0 Å². The summed E-state index contributed by atoms with van der Waals surface area (Å²) in [7, 11) is 0. The van der Waals surface area contributed by atoms with E-state index in [0.717, 1.165) is 32.2 Å². The zero-order valence-electron chi connectivity index (χ0n) is 9.53. The summed E-state index contributed by atoms with van der Waals surface area (Å²) in [5, 5.41) is 8.89. The van der Waals surface area contributed by atoms with Crippen LogP contribution in [0.25, 0.3) is 0 Å². The van der Waals surface area contributed by atoms with Crippen LogP contribution in [0.3, 0.4) is 0 Å². The highest BCUT2D eigenvalue weighted by Gasteiger charge is 2.27. The molecule has 1 aliphatic heterocycles. The van der Waals surface area contributed by atoms with Gasteiger partial charge in [0.25, 0.3) is 0 Å². The number of hydrogen-bond acceptors (Lipinski definition) is 3. The Bertz CT molecular complexity index is 176. The monoisotopic (exact) mass is 213 g/mol. The van der Waals surface area contributed by atoms with Gasteiger partial charge < -0.3 is 9.84 Å². The van der Waals surface area contributed by atoms with Crippen LogP contribution < -0.4 is 0 Å². The van der Waals surface area contributed by atoms with Crippen LogP contribution in [0.15, 0.2) is 0 Å². The smallest absolute Gasteiger partial charge is 0.0702 e. The third-order valence-electron chi connectivity index (χ3n) is 3.66. The minimum absolute atomic E-state index is 0.314. The maximum absolute atomic E-state index is 8.89.